The number of aryl methyl sites for hydroxylation is 2. The van der Waals surface area contributed by atoms with Crippen molar-refractivity contribution < 1.29 is 0 Å². The van der Waals surface area contributed by atoms with Crippen LogP contribution < -0.4 is 0 Å². The fraction of sp³-hybridized carbons (Fsp3) is 0.222. The number of rotatable bonds is 1. The molecule has 2 aromatic rings. The normalized spacial score (nSPS) is 9.93. The lowest BCUT2D eigenvalue weighted by Crippen LogP contribution is -2.03. The summed E-state index contributed by atoms with van der Waals surface area (Å²) in [5.41, 5.74) is 0.285. The molecule has 6 nitrogen and oxygen atoms in total. The van der Waals surface area contributed by atoms with Gasteiger partial charge in [-0.1, -0.05) is 0 Å². The van der Waals surface area contributed by atoms with Gasteiger partial charge in [0, 0.05) is 0 Å². The van der Waals surface area contributed by atoms with E-state index in [1.807, 2.05) is 13.0 Å². The first kappa shape index (κ1) is 9.27. The summed E-state index contributed by atoms with van der Waals surface area (Å²) in [7, 11) is 0. The summed E-state index contributed by atoms with van der Waals surface area (Å²) in [6.45, 7) is 3.64. The summed E-state index contributed by atoms with van der Waals surface area (Å²) in [6, 6.07) is 1.91. The highest BCUT2D eigenvalue weighted by Gasteiger charge is 2.06. The van der Waals surface area contributed by atoms with Crippen LogP contribution in [-0.2, 0) is 0 Å². The Labute approximate surface area is 86.2 Å². The zero-order valence-electron chi connectivity index (χ0n) is 8.34. The number of nitrogens with zero attached hydrogens (tertiary/aromatic N) is 6. The molecule has 0 amide bonds. The predicted octanol–water partition coefficient (Wildman–Crippen LogP) is 0.546. The second kappa shape index (κ2) is 3.46. The Morgan fingerprint density at radius 3 is 2.53 bits per heavy atom. The van der Waals surface area contributed by atoms with Crippen molar-refractivity contribution in [3.8, 4) is 11.9 Å². The van der Waals surface area contributed by atoms with Crippen LogP contribution in [0.2, 0.25) is 0 Å². The topological polar surface area (TPSA) is 80.3 Å². The zero-order valence-corrected chi connectivity index (χ0v) is 8.34. The molecule has 0 saturated heterocycles. The van der Waals surface area contributed by atoms with Crippen molar-refractivity contribution in [1.82, 2.24) is 24.7 Å². The summed E-state index contributed by atoms with van der Waals surface area (Å²) >= 11 is 0. The molecule has 0 atom stereocenters. The Bertz CT molecular complexity index is 519. The van der Waals surface area contributed by atoms with E-state index in [9.17, 15) is 0 Å². The summed E-state index contributed by atoms with van der Waals surface area (Å²) in [4.78, 5) is 12.1. The standard InChI is InChI=1S/C9H8N6/c1-6-13-7(2)15(14-6)9-5-11-8(3-10)4-12-9/h4-5H,1-2H3. The Kier molecular flexibility index (Phi) is 2.14. The van der Waals surface area contributed by atoms with Crippen molar-refractivity contribution in [3.63, 3.8) is 0 Å². The number of nitriles is 1. The van der Waals surface area contributed by atoms with Crippen LogP contribution in [0.4, 0.5) is 0 Å². The third kappa shape index (κ3) is 1.67. The van der Waals surface area contributed by atoms with Crippen molar-refractivity contribution in [1.29, 1.82) is 5.26 Å². The molecule has 0 saturated carbocycles. The van der Waals surface area contributed by atoms with Gasteiger partial charge >= 0.3 is 0 Å². The first-order valence-electron chi connectivity index (χ1n) is 4.33. The molecule has 0 aliphatic heterocycles. The van der Waals surface area contributed by atoms with Crippen LogP contribution in [0.25, 0.3) is 5.82 Å². The maximum Gasteiger partial charge on any atom is 0.174 e. The maximum absolute atomic E-state index is 8.57. The van der Waals surface area contributed by atoms with Gasteiger partial charge in [0.05, 0.1) is 12.4 Å². The first-order chi connectivity index (χ1) is 7.20. The van der Waals surface area contributed by atoms with Gasteiger partial charge in [0.15, 0.2) is 11.5 Å². The molecule has 0 fully saturated rings. The molecule has 0 aromatic carbocycles. The molecule has 6 heteroatoms. The minimum atomic E-state index is 0.285. The molecule has 0 spiro atoms. The van der Waals surface area contributed by atoms with Crippen LogP contribution in [0.5, 0.6) is 0 Å². The quantitative estimate of drug-likeness (QED) is 0.671. The van der Waals surface area contributed by atoms with Gasteiger partial charge in [-0.25, -0.2) is 15.0 Å². The minimum Gasteiger partial charge on any atom is -0.240 e. The molecule has 0 bridgehead atoms. The lowest BCUT2D eigenvalue weighted by atomic mass is 10.5. The Morgan fingerprint density at radius 1 is 1.27 bits per heavy atom. The predicted molar refractivity (Wildman–Crippen MR) is 51.1 cm³/mol. The van der Waals surface area contributed by atoms with Crippen molar-refractivity contribution in [2.24, 2.45) is 0 Å². The van der Waals surface area contributed by atoms with Gasteiger partial charge in [-0.05, 0) is 13.8 Å². The van der Waals surface area contributed by atoms with E-state index in [-0.39, 0.29) is 5.69 Å². The van der Waals surface area contributed by atoms with Gasteiger partial charge in [-0.3, -0.25) is 0 Å². The summed E-state index contributed by atoms with van der Waals surface area (Å²) in [5.74, 6) is 1.98. The molecule has 74 valence electrons. The molecule has 2 rings (SSSR count). The smallest absolute Gasteiger partial charge is 0.174 e. The van der Waals surface area contributed by atoms with Crippen molar-refractivity contribution in [2.75, 3.05) is 0 Å². The molecule has 0 radical (unpaired) electrons. The molecular formula is C9H8N6. The van der Waals surface area contributed by atoms with E-state index in [0.717, 1.165) is 5.82 Å². The second-order valence-corrected chi connectivity index (χ2v) is 2.99. The van der Waals surface area contributed by atoms with Crippen molar-refractivity contribution in [3.05, 3.63) is 29.7 Å². The summed E-state index contributed by atoms with van der Waals surface area (Å²) in [6.07, 6.45) is 2.91. The van der Waals surface area contributed by atoms with Gasteiger partial charge in [-0.15, -0.1) is 5.10 Å². The van der Waals surface area contributed by atoms with Crippen LogP contribution >= 0.6 is 0 Å². The molecule has 15 heavy (non-hydrogen) atoms. The monoisotopic (exact) mass is 200 g/mol. The van der Waals surface area contributed by atoms with Crippen LogP contribution in [-0.4, -0.2) is 24.7 Å². The Hall–Kier alpha value is -2.29. The van der Waals surface area contributed by atoms with Crippen molar-refractivity contribution >= 4 is 0 Å². The maximum atomic E-state index is 8.57. The highest BCUT2D eigenvalue weighted by atomic mass is 15.4. The van der Waals surface area contributed by atoms with Gasteiger partial charge in [0.1, 0.15) is 17.7 Å². The van der Waals surface area contributed by atoms with Gasteiger partial charge in [0.25, 0.3) is 0 Å². The fourth-order valence-corrected chi connectivity index (χ4v) is 1.23. The number of hydrogen-bond donors (Lipinski definition) is 0. The summed E-state index contributed by atoms with van der Waals surface area (Å²) < 4.78 is 1.59. The molecule has 0 aliphatic carbocycles. The van der Waals surface area contributed by atoms with E-state index >= 15 is 0 Å². The van der Waals surface area contributed by atoms with Crippen LogP contribution in [0, 0.1) is 25.2 Å². The molecule has 2 heterocycles. The van der Waals surface area contributed by atoms with Crippen LogP contribution in [0.1, 0.15) is 17.3 Å². The third-order valence-electron chi connectivity index (χ3n) is 1.84. The SMILES string of the molecule is Cc1nc(C)n(-c2cnc(C#N)cn2)n1. The molecule has 2 aromatic heterocycles. The van der Waals surface area contributed by atoms with E-state index in [4.69, 9.17) is 5.26 Å². The Balaban J connectivity index is 2.46. The lowest BCUT2D eigenvalue weighted by molar-refractivity contribution is 0.795. The fourth-order valence-electron chi connectivity index (χ4n) is 1.23. The molecule has 0 unspecified atom stereocenters. The highest BCUT2D eigenvalue weighted by Crippen LogP contribution is 2.04. The van der Waals surface area contributed by atoms with E-state index in [1.165, 1.54) is 12.4 Å². The van der Waals surface area contributed by atoms with E-state index in [1.54, 1.807) is 11.6 Å². The number of hydrogen-bond acceptors (Lipinski definition) is 5. The lowest BCUT2D eigenvalue weighted by Gasteiger charge is -1.99. The molecule has 0 N–H and O–H groups in total. The number of aromatic nitrogens is 5. The zero-order chi connectivity index (χ0) is 10.8. The average molecular weight is 200 g/mol. The first-order valence-corrected chi connectivity index (χ1v) is 4.33. The third-order valence-corrected chi connectivity index (χ3v) is 1.84. The Morgan fingerprint density at radius 2 is 2.07 bits per heavy atom. The molecule has 0 aliphatic rings. The second-order valence-electron chi connectivity index (χ2n) is 2.99. The largest absolute Gasteiger partial charge is 0.240 e. The average Bonchev–Trinajstić information content (AvgIpc) is 2.58. The van der Waals surface area contributed by atoms with Gasteiger partial charge < -0.3 is 0 Å². The van der Waals surface area contributed by atoms with Crippen molar-refractivity contribution in [2.45, 2.75) is 13.8 Å². The summed E-state index contributed by atoms with van der Waals surface area (Å²) in [5, 5.41) is 12.7. The molecular weight excluding hydrogens is 192 g/mol. The van der Waals surface area contributed by atoms with Gasteiger partial charge in [-0.2, -0.15) is 9.94 Å². The van der Waals surface area contributed by atoms with E-state index in [0.29, 0.717) is 11.6 Å². The minimum absolute atomic E-state index is 0.285. The van der Waals surface area contributed by atoms with Crippen LogP contribution in [0.15, 0.2) is 12.4 Å². The van der Waals surface area contributed by atoms with Gasteiger partial charge in [0.2, 0.25) is 0 Å². The van der Waals surface area contributed by atoms with Crippen LogP contribution in [0.3, 0.4) is 0 Å². The highest BCUT2D eigenvalue weighted by molar-refractivity contribution is 5.23. The van der Waals surface area contributed by atoms with E-state index in [2.05, 4.69) is 20.1 Å². The van der Waals surface area contributed by atoms with E-state index < -0.39 is 0 Å².